The normalized spacial score (nSPS) is 16.4. The lowest BCUT2D eigenvalue weighted by atomic mass is 10.0. The number of imide groups is 1. The Balaban J connectivity index is 1.73. The Hall–Kier alpha value is -2.60. The van der Waals surface area contributed by atoms with Gasteiger partial charge >= 0.3 is 0 Å². The largest absolute Gasteiger partial charge is 0.326 e. The molecule has 2 aromatic rings. The van der Waals surface area contributed by atoms with Crippen molar-refractivity contribution in [3.05, 3.63) is 53.6 Å². The molecule has 1 heterocycles. The highest BCUT2D eigenvalue weighted by atomic mass is 32.2. The fourth-order valence-electron chi connectivity index (χ4n) is 3.49. The van der Waals surface area contributed by atoms with E-state index in [1.807, 2.05) is 63.2 Å². The van der Waals surface area contributed by atoms with Crippen LogP contribution in [0.4, 0.5) is 11.4 Å². The second-order valence-corrected chi connectivity index (χ2v) is 8.41. The van der Waals surface area contributed by atoms with Gasteiger partial charge in [-0.05, 0) is 55.2 Å². The average molecular weight is 411 g/mol. The van der Waals surface area contributed by atoms with E-state index in [1.165, 1.54) is 16.7 Å². The van der Waals surface area contributed by atoms with E-state index in [1.54, 1.807) is 0 Å². The molecule has 5 nitrogen and oxygen atoms in total. The summed E-state index contributed by atoms with van der Waals surface area (Å²) in [5.41, 5.74) is 3.41. The number of nitrogens with zero attached hydrogens (tertiary/aromatic N) is 1. The monoisotopic (exact) mass is 410 g/mol. The summed E-state index contributed by atoms with van der Waals surface area (Å²) < 4.78 is 0. The summed E-state index contributed by atoms with van der Waals surface area (Å²) in [5.74, 6) is -0.325. The number of benzene rings is 2. The van der Waals surface area contributed by atoms with Gasteiger partial charge in [0.1, 0.15) is 0 Å². The predicted molar refractivity (Wildman–Crippen MR) is 117 cm³/mol. The number of hydrogen-bond donors (Lipinski definition) is 1. The summed E-state index contributed by atoms with van der Waals surface area (Å²) >= 11 is 1.39. The Labute approximate surface area is 175 Å². The van der Waals surface area contributed by atoms with Crippen molar-refractivity contribution in [1.29, 1.82) is 0 Å². The Morgan fingerprint density at radius 2 is 1.86 bits per heavy atom. The maximum atomic E-state index is 13.1. The molecule has 1 N–H and O–H groups in total. The summed E-state index contributed by atoms with van der Waals surface area (Å²) in [6, 6.07) is 13.2. The lowest BCUT2D eigenvalue weighted by Gasteiger charge is -2.20. The van der Waals surface area contributed by atoms with Crippen molar-refractivity contribution in [2.45, 2.75) is 56.6 Å². The third kappa shape index (κ3) is 4.70. The van der Waals surface area contributed by atoms with E-state index in [4.69, 9.17) is 0 Å². The highest BCUT2D eigenvalue weighted by Gasteiger charge is 2.41. The van der Waals surface area contributed by atoms with Crippen LogP contribution >= 0.6 is 11.8 Å². The summed E-state index contributed by atoms with van der Waals surface area (Å²) in [6.07, 6.45) is 2.24. The number of rotatable bonds is 7. The predicted octanol–water partition coefficient (Wildman–Crippen LogP) is 4.72. The zero-order valence-corrected chi connectivity index (χ0v) is 17.8. The molecule has 1 aliphatic heterocycles. The maximum absolute atomic E-state index is 13.1. The Kier molecular flexibility index (Phi) is 6.75. The van der Waals surface area contributed by atoms with Gasteiger partial charge in [-0.2, -0.15) is 0 Å². The van der Waals surface area contributed by atoms with E-state index in [2.05, 4.69) is 5.32 Å². The molecule has 0 spiro atoms. The molecule has 6 heteroatoms. The quantitative estimate of drug-likeness (QED) is 0.671. The van der Waals surface area contributed by atoms with Gasteiger partial charge in [-0.1, -0.05) is 32.0 Å². The van der Waals surface area contributed by atoms with Crippen LogP contribution in [0.5, 0.6) is 0 Å². The van der Waals surface area contributed by atoms with E-state index >= 15 is 0 Å². The highest BCUT2D eigenvalue weighted by Crippen LogP contribution is 2.37. The van der Waals surface area contributed by atoms with Gasteiger partial charge in [0.2, 0.25) is 17.7 Å². The highest BCUT2D eigenvalue weighted by molar-refractivity contribution is 8.00. The van der Waals surface area contributed by atoms with E-state index in [-0.39, 0.29) is 24.1 Å². The van der Waals surface area contributed by atoms with Crippen LogP contribution in [-0.2, 0) is 20.8 Å². The SMILES string of the molecule is CCCC(=O)Nc1ccc(S[C@H]2CC(=O)N(c3c(C)cccc3CC)C2=O)cc1. The average Bonchev–Trinajstić information content (AvgIpc) is 2.96. The van der Waals surface area contributed by atoms with E-state index < -0.39 is 5.25 Å². The first kappa shape index (κ1) is 21.1. The van der Waals surface area contributed by atoms with Crippen LogP contribution in [0, 0.1) is 6.92 Å². The number of thioether (sulfide) groups is 1. The number of aryl methyl sites for hydroxylation is 2. The molecule has 1 aliphatic rings. The minimum Gasteiger partial charge on any atom is -0.326 e. The fourth-order valence-corrected chi connectivity index (χ4v) is 4.54. The molecule has 0 saturated carbocycles. The zero-order valence-electron chi connectivity index (χ0n) is 17.0. The van der Waals surface area contributed by atoms with Crippen LogP contribution in [0.1, 0.15) is 44.2 Å². The van der Waals surface area contributed by atoms with E-state index in [0.29, 0.717) is 6.42 Å². The summed E-state index contributed by atoms with van der Waals surface area (Å²) in [7, 11) is 0. The van der Waals surface area contributed by atoms with Gasteiger partial charge in [0.25, 0.3) is 0 Å². The van der Waals surface area contributed by atoms with Crippen molar-refractivity contribution in [3.63, 3.8) is 0 Å². The van der Waals surface area contributed by atoms with Crippen molar-refractivity contribution in [2.24, 2.45) is 0 Å². The van der Waals surface area contributed by atoms with Crippen LogP contribution < -0.4 is 10.2 Å². The number of carbonyl (C=O) groups excluding carboxylic acids is 3. The van der Waals surface area contributed by atoms with Crippen molar-refractivity contribution < 1.29 is 14.4 Å². The lowest BCUT2D eigenvalue weighted by molar-refractivity contribution is -0.121. The van der Waals surface area contributed by atoms with Gasteiger partial charge in [-0.15, -0.1) is 11.8 Å². The van der Waals surface area contributed by atoms with Crippen molar-refractivity contribution in [3.8, 4) is 0 Å². The minimum absolute atomic E-state index is 0.00919. The van der Waals surface area contributed by atoms with Crippen LogP contribution in [0.3, 0.4) is 0 Å². The molecule has 29 heavy (non-hydrogen) atoms. The van der Waals surface area contributed by atoms with Crippen LogP contribution in [0.25, 0.3) is 0 Å². The maximum Gasteiger partial charge on any atom is 0.247 e. The van der Waals surface area contributed by atoms with Gasteiger partial charge < -0.3 is 5.32 Å². The minimum atomic E-state index is -0.438. The molecule has 3 rings (SSSR count). The first-order valence-electron chi connectivity index (χ1n) is 9.96. The summed E-state index contributed by atoms with van der Waals surface area (Å²) in [5, 5.41) is 2.41. The standard InChI is InChI=1S/C23H26N2O3S/c1-4-7-20(26)24-17-10-12-18(13-11-17)29-19-14-21(27)25(23(19)28)22-15(3)8-6-9-16(22)5-2/h6,8-13,19H,4-5,7,14H2,1-3H3,(H,24,26)/t19-/m0/s1. The summed E-state index contributed by atoms with van der Waals surface area (Å²) in [4.78, 5) is 39.7. The molecule has 1 saturated heterocycles. The number of para-hydroxylation sites is 1. The van der Waals surface area contributed by atoms with E-state index in [0.717, 1.165) is 40.2 Å². The Morgan fingerprint density at radius 3 is 2.52 bits per heavy atom. The second kappa shape index (κ2) is 9.27. The van der Waals surface area contributed by atoms with Crippen LogP contribution in [0.15, 0.2) is 47.4 Å². The van der Waals surface area contributed by atoms with Gasteiger partial charge in [-0.3, -0.25) is 14.4 Å². The Bertz CT molecular complexity index is 924. The first-order valence-corrected chi connectivity index (χ1v) is 10.8. The Morgan fingerprint density at radius 1 is 1.14 bits per heavy atom. The van der Waals surface area contributed by atoms with Crippen molar-refractivity contribution >= 4 is 40.9 Å². The van der Waals surface area contributed by atoms with E-state index in [9.17, 15) is 14.4 Å². The topological polar surface area (TPSA) is 66.5 Å². The molecule has 0 aliphatic carbocycles. The van der Waals surface area contributed by atoms with Gasteiger partial charge in [0.15, 0.2) is 0 Å². The van der Waals surface area contributed by atoms with Crippen LogP contribution in [0.2, 0.25) is 0 Å². The number of hydrogen-bond acceptors (Lipinski definition) is 4. The fraction of sp³-hybridized carbons (Fsp3) is 0.348. The van der Waals surface area contributed by atoms with Crippen molar-refractivity contribution in [1.82, 2.24) is 0 Å². The second-order valence-electron chi connectivity index (χ2n) is 7.14. The number of carbonyl (C=O) groups is 3. The molecule has 1 atom stereocenters. The molecule has 0 bridgehead atoms. The molecular formula is C23H26N2O3S. The van der Waals surface area contributed by atoms with Gasteiger partial charge in [0, 0.05) is 23.4 Å². The molecule has 0 radical (unpaired) electrons. The molecule has 152 valence electrons. The van der Waals surface area contributed by atoms with Gasteiger partial charge in [-0.25, -0.2) is 4.90 Å². The molecular weight excluding hydrogens is 384 g/mol. The molecule has 2 aromatic carbocycles. The van der Waals surface area contributed by atoms with Crippen molar-refractivity contribution in [2.75, 3.05) is 10.2 Å². The third-order valence-corrected chi connectivity index (χ3v) is 6.12. The number of nitrogens with one attached hydrogen (secondary N) is 1. The molecule has 0 aromatic heterocycles. The first-order chi connectivity index (χ1) is 13.9. The molecule has 1 fully saturated rings. The molecule has 3 amide bonds. The molecule has 0 unspecified atom stereocenters. The lowest BCUT2D eigenvalue weighted by Crippen LogP contribution is -2.32. The smallest absolute Gasteiger partial charge is 0.247 e. The zero-order chi connectivity index (χ0) is 21.0. The van der Waals surface area contributed by atoms with Gasteiger partial charge in [0.05, 0.1) is 10.9 Å². The van der Waals surface area contributed by atoms with Crippen LogP contribution in [-0.4, -0.2) is 23.0 Å². The number of anilines is 2. The third-order valence-electron chi connectivity index (χ3n) is 4.92. The summed E-state index contributed by atoms with van der Waals surface area (Å²) in [6.45, 7) is 5.92. The number of amides is 3.